The first-order valence-corrected chi connectivity index (χ1v) is 9.83. The molecule has 0 radical (unpaired) electrons. The molecule has 1 heterocycles. The predicted octanol–water partition coefficient (Wildman–Crippen LogP) is 0.904. The Morgan fingerprint density at radius 3 is 2.61 bits per heavy atom. The predicted molar refractivity (Wildman–Crippen MR) is 110 cm³/mol. The highest BCUT2D eigenvalue weighted by Crippen LogP contribution is 2.20. The van der Waals surface area contributed by atoms with Gasteiger partial charge in [0, 0.05) is 11.8 Å². The van der Waals surface area contributed by atoms with Crippen LogP contribution in [0.3, 0.4) is 0 Å². The zero-order valence-electron chi connectivity index (χ0n) is 16.7. The molecule has 0 atom stereocenters. The number of quaternary nitrogens is 1. The van der Waals surface area contributed by atoms with Gasteiger partial charge in [-0.3, -0.25) is 4.79 Å². The van der Waals surface area contributed by atoms with E-state index >= 15 is 0 Å². The van der Waals surface area contributed by atoms with E-state index in [0.717, 1.165) is 37.7 Å². The van der Waals surface area contributed by atoms with Gasteiger partial charge in [0.2, 0.25) is 0 Å². The van der Waals surface area contributed by atoms with E-state index in [-0.39, 0.29) is 5.91 Å². The number of nitrogens with zero attached hydrogens (tertiary/aromatic N) is 1. The highest BCUT2D eigenvalue weighted by molar-refractivity contribution is 5.76. The number of rotatable bonds is 8. The number of nitrogens with one attached hydrogen (secondary N) is 2. The standard InChI is InChI=1S/C22H29N3O3/c1-18-5-3-8-21(15-18)28-14-9-23-22(26)17-24-10-12-25(13-11-24)19-6-4-7-20(16-19)27-2/h3-8,15-16H,9-14,17H2,1-2H3,(H,23,26)/p+1. The summed E-state index contributed by atoms with van der Waals surface area (Å²) in [5.74, 6) is 1.80. The molecule has 0 aromatic heterocycles. The molecule has 3 rings (SSSR count). The molecule has 150 valence electrons. The summed E-state index contributed by atoms with van der Waals surface area (Å²) >= 11 is 0. The summed E-state index contributed by atoms with van der Waals surface area (Å²) in [7, 11) is 1.69. The minimum atomic E-state index is 0.0812. The topological polar surface area (TPSA) is 55.2 Å². The Bertz CT molecular complexity index is 773. The van der Waals surface area contributed by atoms with Crippen LogP contribution in [0.25, 0.3) is 0 Å². The Kier molecular flexibility index (Phi) is 7.14. The van der Waals surface area contributed by atoms with Crippen molar-refractivity contribution >= 4 is 11.6 Å². The maximum atomic E-state index is 12.2. The molecule has 0 unspecified atom stereocenters. The number of anilines is 1. The molecule has 2 aromatic rings. The summed E-state index contributed by atoms with van der Waals surface area (Å²) in [5, 5.41) is 2.96. The van der Waals surface area contributed by atoms with Gasteiger partial charge >= 0.3 is 0 Å². The van der Waals surface area contributed by atoms with Crippen LogP contribution in [0.2, 0.25) is 0 Å². The molecule has 1 aliphatic rings. The number of piperazine rings is 1. The lowest BCUT2D eigenvalue weighted by Crippen LogP contribution is -3.16. The van der Waals surface area contributed by atoms with Crippen LogP contribution >= 0.6 is 0 Å². The van der Waals surface area contributed by atoms with Crippen molar-refractivity contribution in [1.82, 2.24) is 5.32 Å². The van der Waals surface area contributed by atoms with E-state index in [1.165, 1.54) is 16.2 Å². The summed E-state index contributed by atoms with van der Waals surface area (Å²) in [6.45, 7) is 7.32. The highest BCUT2D eigenvalue weighted by atomic mass is 16.5. The van der Waals surface area contributed by atoms with Crippen molar-refractivity contribution in [3.63, 3.8) is 0 Å². The van der Waals surface area contributed by atoms with Crippen LogP contribution in [0.4, 0.5) is 5.69 Å². The molecule has 1 aliphatic heterocycles. The van der Waals surface area contributed by atoms with Crippen molar-refractivity contribution in [3.05, 3.63) is 54.1 Å². The number of methoxy groups -OCH3 is 1. The normalized spacial score (nSPS) is 14.6. The first-order valence-electron chi connectivity index (χ1n) is 9.83. The summed E-state index contributed by atoms with van der Waals surface area (Å²) in [6.07, 6.45) is 0. The van der Waals surface area contributed by atoms with Crippen molar-refractivity contribution < 1.29 is 19.2 Å². The smallest absolute Gasteiger partial charge is 0.275 e. The summed E-state index contributed by atoms with van der Waals surface area (Å²) < 4.78 is 11.0. The number of hydrogen-bond acceptors (Lipinski definition) is 4. The maximum absolute atomic E-state index is 12.2. The van der Waals surface area contributed by atoms with Crippen LogP contribution < -0.4 is 24.6 Å². The lowest BCUT2D eigenvalue weighted by atomic mass is 10.2. The van der Waals surface area contributed by atoms with E-state index < -0.39 is 0 Å². The van der Waals surface area contributed by atoms with Crippen LogP contribution in [0.1, 0.15) is 5.56 Å². The third-order valence-corrected chi connectivity index (χ3v) is 4.98. The van der Waals surface area contributed by atoms with Crippen molar-refractivity contribution in [2.24, 2.45) is 0 Å². The fourth-order valence-corrected chi connectivity index (χ4v) is 3.42. The lowest BCUT2D eigenvalue weighted by Gasteiger charge is -2.33. The van der Waals surface area contributed by atoms with Gasteiger partial charge in [-0.25, -0.2) is 0 Å². The monoisotopic (exact) mass is 384 g/mol. The molecule has 2 aromatic carbocycles. The number of hydrogen-bond donors (Lipinski definition) is 2. The Hall–Kier alpha value is -2.73. The van der Waals surface area contributed by atoms with Gasteiger partial charge in [0.15, 0.2) is 6.54 Å². The largest absolute Gasteiger partial charge is 0.497 e. The Morgan fingerprint density at radius 2 is 1.86 bits per heavy atom. The minimum Gasteiger partial charge on any atom is -0.497 e. The van der Waals surface area contributed by atoms with Crippen molar-refractivity contribution in [1.29, 1.82) is 0 Å². The van der Waals surface area contributed by atoms with Gasteiger partial charge < -0.3 is 24.6 Å². The molecule has 1 amide bonds. The Morgan fingerprint density at radius 1 is 1.11 bits per heavy atom. The van der Waals surface area contributed by atoms with E-state index in [2.05, 4.69) is 22.3 Å². The quantitative estimate of drug-likeness (QED) is 0.664. The second-order valence-electron chi connectivity index (χ2n) is 7.13. The average molecular weight is 385 g/mol. The third-order valence-electron chi connectivity index (χ3n) is 4.98. The molecule has 0 aliphatic carbocycles. The molecular formula is C22H30N3O3+. The third kappa shape index (κ3) is 5.89. The Balaban J connectivity index is 1.34. The number of amides is 1. The van der Waals surface area contributed by atoms with Gasteiger partial charge in [-0.2, -0.15) is 0 Å². The highest BCUT2D eigenvalue weighted by Gasteiger charge is 2.22. The summed E-state index contributed by atoms with van der Waals surface area (Å²) in [6, 6.07) is 16.1. The van der Waals surface area contributed by atoms with E-state index in [1.54, 1.807) is 7.11 Å². The van der Waals surface area contributed by atoms with Gasteiger partial charge in [-0.1, -0.05) is 18.2 Å². The molecular weight excluding hydrogens is 354 g/mol. The van der Waals surface area contributed by atoms with Crippen LogP contribution in [0.5, 0.6) is 11.5 Å². The molecule has 0 saturated carbocycles. The van der Waals surface area contributed by atoms with E-state index in [9.17, 15) is 4.79 Å². The van der Waals surface area contributed by atoms with Crippen LogP contribution in [-0.4, -0.2) is 58.9 Å². The van der Waals surface area contributed by atoms with Gasteiger partial charge in [-0.15, -0.1) is 0 Å². The van der Waals surface area contributed by atoms with Crippen molar-refractivity contribution in [2.75, 3.05) is 57.9 Å². The van der Waals surface area contributed by atoms with E-state index in [4.69, 9.17) is 9.47 Å². The van der Waals surface area contributed by atoms with Gasteiger partial charge in [-0.05, 0) is 36.8 Å². The lowest BCUT2D eigenvalue weighted by molar-refractivity contribution is -0.892. The van der Waals surface area contributed by atoms with E-state index in [0.29, 0.717) is 19.7 Å². The SMILES string of the molecule is COc1cccc(N2CC[NH+](CC(=O)NCCOc3cccc(C)c3)CC2)c1. The van der Waals surface area contributed by atoms with E-state index in [1.807, 2.05) is 43.3 Å². The first-order chi connectivity index (χ1) is 13.6. The van der Waals surface area contributed by atoms with Crippen LogP contribution in [-0.2, 0) is 4.79 Å². The summed E-state index contributed by atoms with van der Waals surface area (Å²) in [5.41, 5.74) is 2.34. The number of ether oxygens (including phenoxy) is 2. The van der Waals surface area contributed by atoms with Crippen LogP contribution in [0, 0.1) is 6.92 Å². The zero-order valence-corrected chi connectivity index (χ0v) is 16.7. The molecule has 0 bridgehead atoms. The van der Waals surface area contributed by atoms with Gasteiger partial charge in [0.25, 0.3) is 5.91 Å². The van der Waals surface area contributed by atoms with Crippen molar-refractivity contribution in [3.8, 4) is 11.5 Å². The molecule has 6 heteroatoms. The fraction of sp³-hybridized carbons (Fsp3) is 0.409. The maximum Gasteiger partial charge on any atom is 0.275 e. The minimum absolute atomic E-state index is 0.0812. The number of carbonyl (C=O) groups is 1. The number of aryl methyl sites for hydroxylation is 1. The molecule has 0 spiro atoms. The second kappa shape index (κ2) is 9.99. The fourth-order valence-electron chi connectivity index (χ4n) is 3.42. The van der Waals surface area contributed by atoms with Crippen LogP contribution in [0.15, 0.2) is 48.5 Å². The van der Waals surface area contributed by atoms with Crippen molar-refractivity contribution in [2.45, 2.75) is 6.92 Å². The molecule has 2 N–H and O–H groups in total. The molecule has 1 saturated heterocycles. The number of carbonyl (C=O) groups excluding carboxylic acids is 1. The Labute approximate surface area is 167 Å². The molecule has 28 heavy (non-hydrogen) atoms. The number of benzene rings is 2. The van der Waals surface area contributed by atoms with Gasteiger partial charge in [0.05, 0.1) is 39.8 Å². The zero-order chi connectivity index (χ0) is 19.8. The summed E-state index contributed by atoms with van der Waals surface area (Å²) in [4.78, 5) is 15.9. The first kappa shape index (κ1) is 20.0. The molecule has 6 nitrogen and oxygen atoms in total. The molecule has 1 fully saturated rings. The van der Waals surface area contributed by atoms with Gasteiger partial charge in [0.1, 0.15) is 18.1 Å². The average Bonchev–Trinajstić information content (AvgIpc) is 2.72. The second-order valence-corrected chi connectivity index (χ2v) is 7.13.